The van der Waals surface area contributed by atoms with Crippen molar-refractivity contribution in [1.82, 2.24) is 9.47 Å². The molecule has 2 aromatic rings. The smallest absolute Gasteiger partial charge is 0.341 e. The lowest BCUT2D eigenvalue weighted by Gasteiger charge is -2.50. The molecule has 1 aromatic heterocycles. The standard InChI is InChI=1S/C56H87N3O18/c1-15-41-56(10,68)48(64)31(4)44(61)29(2)26-54(8,69-13)49(77-53-46(63)40(58(11)12)24-30(3)72-53)32(5)47(33(6)52(67)74-41)76-43-27-55(9,70-14)50(34(7)73-43)75-42(60)20-22-71-23-21-57-35-16-19-39-37(25-35)45(62)38(51(65)66)28-59(39)36-17-18-36/h16,19,25,28-34,36,40-41,43,46-50,53,57,63-64,68H,15,17-18,20-24,26-27H2,1-14H3,(H,65,66)/t29-,30+,31-,32+,33+,34-,40-,41-,43+,46-,47+,48+,49-,50+,53-,54?,55+,56?/m0/s1. The highest BCUT2D eigenvalue weighted by Gasteiger charge is 2.55. The molecule has 0 amide bonds. The number of hydrogen-bond donors (Lipinski definition) is 5. The topological polar surface area (TPSA) is 270 Å². The van der Waals surface area contributed by atoms with E-state index < -0.39 is 119 Å². The number of carbonyl (C=O) groups excluding carboxylic acids is 3. The molecule has 6 rings (SSSR count). The maximum Gasteiger partial charge on any atom is 0.341 e. The normalized spacial score (nSPS) is 37.8. The Morgan fingerprint density at radius 2 is 1.56 bits per heavy atom. The van der Waals surface area contributed by atoms with E-state index in [2.05, 4.69) is 5.32 Å². The van der Waals surface area contributed by atoms with Crippen LogP contribution in [0.4, 0.5) is 5.69 Å². The number of fused-ring (bicyclic) bond motifs is 1. The summed E-state index contributed by atoms with van der Waals surface area (Å²) >= 11 is 0. The molecule has 4 aliphatic rings. The van der Waals surface area contributed by atoms with Crippen molar-refractivity contribution < 1.29 is 82.2 Å². The van der Waals surface area contributed by atoms with Crippen LogP contribution in [0.3, 0.4) is 0 Å². The second kappa shape index (κ2) is 25.5. The van der Waals surface area contributed by atoms with Gasteiger partial charge in [-0.15, -0.1) is 0 Å². The van der Waals surface area contributed by atoms with Crippen LogP contribution in [0.2, 0.25) is 0 Å². The summed E-state index contributed by atoms with van der Waals surface area (Å²) in [6.07, 6.45) is -6.61. The molecule has 1 aromatic carbocycles. The average molecular weight is 1090 g/mol. The van der Waals surface area contributed by atoms with Crippen molar-refractivity contribution in [2.45, 2.75) is 204 Å². The van der Waals surface area contributed by atoms with Gasteiger partial charge in [-0.05, 0) is 106 Å². The van der Waals surface area contributed by atoms with E-state index in [0.29, 0.717) is 29.6 Å². The van der Waals surface area contributed by atoms with E-state index in [9.17, 15) is 44.4 Å². The molecule has 0 spiro atoms. The van der Waals surface area contributed by atoms with Gasteiger partial charge < -0.3 is 77.8 Å². The Bertz CT molecular complexity index is 2430. The number of Topliss-reactive ketones (excluding diaryl/α,β-unsaturated/α-hetero) is 1. The van der Waals surface area contributed by atoms with Gasteiger partial charge in [0.05, 0.1) is 67.2 Å². The summed E-state index contributed by atoms with van der Waals surface area (Å²) in [6, 6.07) is 5.09. The van der Waals surface area contributed by atoms with Crippen LogP contribution in [0.5, 0.6) is 0 Å². The van der Waals surface area contributed by atoms with Gasteiger partial charge in [0.15, 0.2) is 18.7 Å². The van der Waals surface area contributed by atoms with Crippen molar-refractivity contribution in [2.24, 2.45) is 23.7 Å². The highest BCUT2D eigenvalue weighted by molar-refractivity contribution is 5.93. The van der Waals surface area contributed by atoms with Crippen molar-refractivity contribution >= 4 is 40.3 Å². The Labute approximate surface area is 452 Å². The highest BCUT2D eigenvalue weighted by atomic mass is 16.7. The number of nitrogens with one attached hydrogen (secondary N) is 1. The molecule has 0 radical (unpaired) electrons. The first-order valence-corrected chi connectivity index (χ1v) is 27.3. The van der Waals surface area contributed by atoms with Crippen molar-refractivity contribution in [2.75, 3.05) is 53.4 Å². The molecule has 3 aliphatic heterocycles. The average Bonchev–Trinajstić information content (AvgIpc) is 4.28. The molecule has 21 nitrogen and oxygen atoms in total. The van der Waals surface area contributed by atoms with E-state index in [1.807, 2.05) is 43.5 Å². The number of cyclic esters (lactones) is 1. The summed E-state index contributed by atoms with van der Waals surface area (Å²) < 4.78 is 58.8. The van der Waals surface area contributed by atoms with Gasteiger partial charge >= 0.3 is 17.9 Å². The van der Waals surface area contributed by atoms with Gasteiger partial charge in [0.25, 0.3) is 0 Å². The monoisotopic (exact) mass is 1090 g/mol. The van der Waals surface area contributed by atoms with Gasteiger partial charge in [-0.2, -0.15) is 0 Å². The molecule has 4 fully saturated rings. The number of carboxylic acids is 1. The van der Waals surface area contributed by atoms with Gasteiger partial charge in [-0.1, -0.05) is 27.7 Å². The second-order valence-corrected chi connectivity index (χ2v) is 22.9. The molecule has 77 heavy (non-hydrogen) atoms. The molecule has 0 bridgehead atoms. The van der Waals surface area contributed by atoms with E-state index in [1.165, 1.54) is 34.3 Å². The first kappa shape index (κ1) is 62.1. The molecule has 434 valence electrons. The molecule has 1 aliphatic carbocycles. The molecular formula is C56H87N3O18. The first-order chi connectivity index (χ1) is 36.1. The van der Waals surface area contributed by atoms with Crippen LogP contribution >= 0.6 is 0 Å². The number of esters is 2. The van der Waals surface area contributed by atoms with Gasteiger partial charge in [0, 0.05) is 74.3 Å². The lowest BCUT2D eigenvalue weighted by atomic mass is 9.74. The Morgan fingerprint density at radius 1 is 0.896 bits per heavy atom. The molecule has 4 heterocycles. The Kier molecular flexibility index (Phi) is 20.6. The fraction of sp³-hybridized carbons (Fsp3) is 0.768. The Hall–Kier alpha value is -4.13. The third-order valence-corrected chi connectivity index (χ3v) is 16.7. The van der Waals surface area contributed by atoms with Gasteiger partial charge in [0.2, 0.25) is 5.43 Å². The number of ketones is 1. The lowest BCUT2D eigenvalue weighted by molar-refractivity contribution is -0.320. The number of hydrogen-bond acceptors (Lipinski definition) is 19. The van der Waals surface area contributed by atoms with Crippen molar-refractivity contribution in [3.63, 3.8) is 0 Å². The van der Waals surface area contributed by atoms with Gasteiger partial charge in [-0.25, -0.2) is 4.79 Å². The SMILES string of the molecule is CC[C@@H]1OC(=O)[C@H](C)[C@H](O[C@@H]2C[C@@](C)(OC)[C@H](OC(=O)CCOCCNc3ccc4c(c3)c(=O)c(C(=O)O)cn4C3CC3)[C@H](C)O2)[C@@H](C)[C@H](O[C@@H]2O[C@H](C)C[C@H](N(C)C)[C@@H]2O)C(C)(OC)C[C@H](C)C(=O)[C@H](C)[C@@H](O)C1(C)O. The zero-order valence-corrected chi connectivity index (χ0v) is 47.5. The van der Waals surface area contributed by atoms with E-state index in [-0.39, 0.29) is 68.4 Å². The number of aliphatic hydroxyl groups excluding tert-OH is 2. The second-order valence-electron chi connectivity index (χ2n) is 22.9. The summed E-state index contributed by atoms with van der Waals surface area (Å²) in [5.41, 5.74) is -4.10. The van der Waals surface area contributed by atoms with Crippen LogP contribution in [0.1, 0.15) is 131 Å². The summed E-state index contributed by atoms with van der Waals surface area (Å²) in [4.78, 5) is 69.0. The van der Waals surface area contributed by atoms with Crippen LogP contribution in [0.15, 0.2) is 29.2 Å². The number of nitrogens with zero attached hydrogens (tertiary/aromatic N) is 2. The third-order valence-electron chi connectivity index (χ3n) is 16.7. The first-order valence-electron chi connectivity index (χ1n) is 27.3. The van der Waals surface area contributed by atoms with Crippen LogP contribution in [0, 0.1) is 23.7 Å². The van der Waals surface area contributed by atoms with E-state index in [0.717, 1.165) is 12.8 Å². The summed E-state index contributed by atoms with van der Waals surface area (Å²) in [5, 5.41) is 48.4. The predicted molar refractivity (Wildman–Crippen MR) is 282 cm³/mol. The zero-order valence-electron chi connectivity index (χ0n) is 47.5. The minimum Gasteiger partial charge on any atom is -0.477 e. The number of methoxy groups -OCH3 is 2. The lowest BCUT2D eigenvalue weighted by Crippen LogP contribution is -2.61. The highest BCUT2D eigenvalue weighted by Crippen LogP contribution is 2.43. The fourth-order valence-corrected chi connectivity index (χ4v) is 11.8. The Balaban J connectivity index is 1.18. The molecule has 2 unspecified atom stereocenters. The quantitative estimate of drug-likeness (QED) is 0.0985. The maximum absolute atomic E-state index is 14.6. The fourth-order valence-electron chi connectivity index (χ4n) is 11.8. The van der Waals surface area contributed by atoms with Crippen molar-refractivity contribution in [1.29, 1.82) is 0 Å². The number of benzene rings is 1. The number of likely N-dealkylation sites (N-methyl/N-ethyl adjacent to an activating group) is 1. The largest absolute Gasteiger partial charge is 0.477 e. The molecule has 5 N–H and O–H groups in total. The number of anilines is 1. The molecule has 3 saturated heterocycles. The number of pyridine rings is 1. The van der Waals surface area contributed by atoms with Gasteiger partial charge in [-0.3, -0.25) is 19.2 Å². The zero-order chi connectivity index (χ0) is 57.1. The van der Waals surface area contributed by atoms with Crippen LogP contribution in [-0.2, 0) is 57.0 Å². The number of carboxylic acid groups (broad SMARTS) is 1. The maximum atomic E-state index is 14.6. The minimum atomic E-state index is -2.03. The summed E-state index contributed by atoms with van der Waals surface area (Å²) in [5.74, 6) is -6.72. The minimum absolute atomic E-state index is 0.0151. The molecule has 1 saturated carbocycles. The van der Waals surface area contributed by atoms with Gasteiger partial charge in [0.1, 0.15) is 34.8 Å². The number of aromatic carboxylic acids is 1. The van der Waals surface area contributed by atoms with Crippen LogP contribution < -0.4 is 10.7 Å². The summed E-state index contributed by atoms with van der Waals surface area (Å²) in [7, 11) is 6.69. The predicted octanol–water partition coefficient (Wildman–Crippen LogP) is 4.86. The molecular weight excluding hydrogens is 1000 g/mol. The van der Waals surface area contributed by atoms with Crippen LogP contribution in [0.25, 0.3) is 10.9 Å². The summed E-state index contributed by atoms with van der Waals surface area (Å²) in [6.45, 7) is 17.4. The number of aromatic nitrogens is 1. The van der Waals surface area contributed by atoms with Crippen molar-refractivity contribution in [3.8, 4) is 0 Å². The number of rotatable bonds is 18. The molecule has 21 heteroatoms. The number of carbonyl (C=O) groups is 4. The van der Waals surface area contributed by atoms with E-state index >= 15 is 0 Å². The van der Waals surface area contributed by atoms with Crippen molar-refractivity contribution in [3.05, 3.63) is 40.2 Å². The Morgan fingerprint density at radius 3 is 2.17 bits per heavy atom. The molecule has 18 atom stereocenters. The number of aliphatic hydroxyl groups is 3. The third kappa shape index (κ3) is 13.9. The number of ether oxygens (including phenoxy) is 9. The van der Waals surface area contributed by atoms with E-state index in [1.54, 1.807) is 53.7 Å². The van der Waals surface area contributed by atoms with E-state index in [4.69, 9.17) is 42.6 Å². The van der Waals surface area contributed by atoms with Crippen LogP contribution in [-0.4, -0.2) is 186 Å².